The molecule has 1 aliphatic rings. The number of hydrogen-bond donors (Lipinski definition) is 2. The van der Waals surface area contributed by atoms with Gasteiger partial charge >= 0.3 is 0 Å². The minimum absolute atomic E-state index is 0.0105. The number of nitrogens with one attached hydrogen (secondary N) is 1. The summed E-state index contributed by atoms with van der Waals surface area (Å²) < 4.78 is 0. The molecule has 0 saturated carbocycles. The van der Waals surface area contributed by atoms with Crippen LogP contribution in [0.5, 0.6) is 0 Å². The van der Waals surface area contributed by atoms with Crippen LogP contribution in [-0.2, 0) is 17.8 Å². The molecule has 3 rings (SSSR count). The monoisotopic (exact) mass is 358 g/mol. The Bertz CT molecular complexity index is 838. The van der Waals surface area contributed by atoms with Crippen LogP contribution in [0.2, 0.25) is 0 Å². The van der Waals surface area contributed by atoms with Crippen molar-refractivity contribution in [2.45, 2.75) is 39.3 Å². The van der Waals surface area contributed by atoms with E-state index in [9.17, 15) is 14.7 Å². The second-order valence-corrected chi connectivity index (χ2v) is 6.96. The molecule has 0 spiro atoms. The highest BCUT2D eigenvalue weighted by Crippen LogP contribution is 2.14. The highest BCUT2D eigenvalue weighted by atomic mass is 16.3. The van der Waals surface area contributed by atoms with Crippen LogP contribution >= 0.6 is 0 Å². The zero-order valence-corrected chi connectivity index (χ0v) is 15.4. The Balaban J connectivity index is 1.63. The fraction of sp³-hybridized carbons (Fsp3) is 0.526. The van der Waals surface area contributed by atoms with Crippen LogP contribution in [0.4, 0.5) is 0 Å². The van der Waals surface area contributed by atoms with Gasteiger partial charge in [0.1, 0.15) is 0 Å². The summed E-state index contributed by atoms with van der Waals surface area (Å²) in [5.41, 5.74) is 3.30. The molecule has 140 valence electrons. The number of fused-ring (bicyclic) bond motifs is 1. The second kappa shape index (κ2) is 7.97. The number of carbonyl (C=O) groups excluding carboxylic acids is 1. The highest BCUT2D eigenvalue weighted by molar-refractivity contribution is 5.76. The predicted molar refractivity (Wildman–Crippen MR) is 99.9 cm³/mol. The first kappa shape index (κ1) is 18.5. The molecule has 1 fully saturated rings. The average molecular weight is 358 g/mol. The average Bonchev–Trinajstić information content (AvgIpc) is 2.61. The second-order valence-electron chi connectivity index (χ2n) is 6.96. The quantitative estimate of drug-likeness (QED) is 0.829. The highest BCUT2D eigenvalue weighted by Gasteiger charge is 2.22. The van der Waals surface area contributed by atoms with Gasteiger partial charge in [-0.2, -0.15) is 0 Å². The number of aliphatic hydroxyl groups is 1. The number of aromatic amines is 1. The Labute approximate surface area is 152 Å². The molecule has 2 N–H and O–H groups in total. The number of carbonyl (C=O) groups is 1. The van der Waals surface area contributed by atoms with Gasteiger partial charge < -0.3 is 15.0 Å². The van der Waals surface area contributed by atoms with Gasteiger partial charge in [-0.1, -0.05) is 6.92 Å². The smallest absolute Gasteiger partial charge is 0.251 e. The van der Waals surface area contributed by atoms with Gasteiger partial charge in [0.15, 0.2) is 0 Å². The van der Waals surface area contributed by atoms with Crippen molar-refractivity contribution in [3.8, 4) is 0 Å². The van der Waals surface area contributed by atoms with Crippen molar-refractivity contribution in [2.75, 3.05) is 26.2 Å². The van der Waals surface area contributed by atoms with Gasteiger partial charge in [-0.15, -0.1) is 0 Å². The third-order valence-electron chi connectivity index (χ3n) is 4.81. The number of pyridine rings is 2. The lowest BCUT2D eigenvalue weighted by atomic mass is 10.1. The lowest BCUT2D eigenvalue weighted by Crippen LogP contribution is -2.48. The number of piperazine rings is 1. The summed E-state index contributed by atoms with van der Waals surface area (Å²) in [5, 5.41) is 9.35. The summed E-state index contributed by atoms with van der Waals surface area (Å²) in [6.07, 6.45) is 2.12. The molecular formula is C19H26N4O3. The normalized spacial score (nSPS) is 16.8. The van der Waals surface area contributed by atoms with Gasteiger partial charge in [0.25, 0.3) is 5.56 Å². The SMILES string of the molecule is CCc1cc2ncc(CN3CCN(C(=O)C[C@@H](C)O)CC3)cc2[nH]c1=O. The Morgan fingerprint density at radius 1 is 1.31 bits per heavy atom. The van der Waals surface area contributed by atoms with Crippen LogP contribution in [0.1, 0.15) is 31.4 Å². The summed E-state index contributed by atoms with van der Waals surface area (Å²) in [4.78, 5) is 35.5. The molecule has 0 bridgehead atoms. The number of amides is 1. The van der Waals surface area contributed by atoms with Gasteiger partial charge in [0.2, 0.25) is 5.91 Å². The first-order chi connectivity index (χ1) is 12.5. The minimum Gasteiger partial charge on any atom is -0.393 e. The molecule has 0 radical (unpaired) electrons. The van der Waals surface area contributed by atoms with Crippen LogP contribution < -0.4 is 5.56 Å². The Hall–Kier alpha value is -2.25. The number of H-pyrrole nitrogens is 1. The fourth-order valence-corrected chi connectivity index (χ4v) is 3.31. The van der Waals surface area contributed by atoms with Crippen LogP contribution in [0, 0.1) is 0 Å². The molecule has 0 aromatic carbocycles. The number of rotatable bonds is 5. The largest absolute Gasteiger partial charge is 0.393 e. The first-order valence-corrected chi connectivity index (χ1v) is 9.15. The summed E-state index contributed by atoms with van der Waals surface area (Å²) in [6.45, 7) is 7.24. The van der Waals surface area contributed by atoms with E-state index in [1.165, 1.54) is 0 Å². The van der Waals surface area contributed by atoms with Crippen LogP contribution in [0.25, 0.3) is 11.0 Å². The first-order valence-electron chi connectivity index (χ1n) is 9.15. The van der Waals surface area contributed by atoms with E-state index in [2.05, 4.69) is 14.9 Å². The minimum atomic E-state index is -0.598. The molecule has 1 saturated heterocycles. The summed E-state index contributed by atoms with van der Waals surface area (Å²) >= 11 is 0. The molecule has 1 atom stereocenters. The molecule has 0 unspecified atom stereocenters. The van der Waals surface area contributed by atoms with Crippen molar-refractivity contribution in [1.29, 1.82) is 0 Å². The summed E-state index contributed by atoms with van der Waals surface area (Å²) in [7, 11) is 0. The van der Waals surface area contributed by atoms with Gasteiger partial charge in [0, 0.05) is 44.5 Å². The van der Waals surface area contributed by atoms with Crippen molar-refractivity contribution < 1.29 is 9.90 Å². The maximum atomic E-state index is 12.0. The topological polar surface area (TPSA) is 89.5 Å². The number of aliphatic hydroxyl groups excluding tert-OH is 1. The van der Waals surface area contributed by atoms with Gasteiger partial charge in [0.05, 0.1) is 23.6 Å². The van der Waals surface area contributed by atoms with Gasteiger partial charge in [-0.3, -0.25) is 19.5 Å². The lowest BCUT2D eigenvalue weighted by molar-refractivity contribution is -0.134. The van der Waals surface area contributed by atoms with E-state index in [1.54, 1.807) is 6.92 Å². The third kappa shape index (κ3) is 4.28. The van der Waals surface area contributed by atoms with E-state index in [4.69, 9.17) is 0 Å². The number of nitrogens with zero attached hydrogens (tertiary/aromatic N) is 3. The van der Waals surface area contributed by atoms with Gasteiger partial charge in [-0.25, -0.2) is 0 Å². The standard InChI is InChI=1S/C19H26N4O3/c1-3-15-10-16-17(21-19(15)26)9-14(11-20-16)12-22-4-6-23(7-5-22)18(25)8-13(2)24/h9-11,13,24H,3-8,12H2,1-2H3,(H,21,26)/t13-/m1/s1. The summed E-state index contributed by atoms with van der Waals surface area (Å²) in [5.74, 6) is 0.0105. The molecule has 7 nitrogen and oxygen atoms in total. The predicted octanol–water partition coefficient (Wildman–Crippen LogP) is 0.901. The molecule has 1 amide bonds. The Morgan fingerprint density at radius 2 is 2.04 bits per heavy atom. The van der Waals surface area contributed by atoms with E-state index in [-0.39, 0.29) is 17.9 Å². The number of hydrogen-bond acceptors (Lipinski definition) is 5. The van der Waals surface area contributed by atoms with Crippen molar-refractivity contribution >= 4 is 16.9 Å². The lowest BCUT2D eigenvalue weighted by Gasteiger charge is -2.35. The molecule has 3 heterocycles. The van der Waals surface area contributed by atoms with E-state index >= 15 is 0 Å². The number of aromatic nitrogens is 2. The fourth-order valence-electron chi connectivity index (χ4n) is 3.31. The Morgan fingerprint density at radius 3 is 2.69 bits per heavy atom. The van der Waals surface area contributed by atoms with Crippen LogP contribution in [0.15, 0.2) is 23.1 Å². The van der Waals surface area contributed by atoms with E-state index < -0.39 is 6.10 Å². The summed E-state index contributed by atoms with van der Waals surface area (Å²) in [6, 6.07) is 3.83. The molecular weight excluding hydrogens is 332 g/mol. The zero-order chi connectivity index (χ0) is 18.7. The van der Waals surface area contributed by atoms with Crippen molar-refractivity contribution in [2.24, 2.45) is 0 Å². The van der Waals surface area contributed by atoms with Gasteiger partial charge in [-0.05, 0) is 31.0 Å². The maximum absolute atomic E-state index is 12.0. The Kier molecular flexibility index (Phi) is 5.68. The van der Waals surface area contributed by atoms with Crippen LogP contribution in [0.3, 0.4) is 0 Å². The molecule has 2 aromatic heterocycles. The number of aryl methyl sites for hydroxylation is 1. The van der Waals surface area contributed by atoms with E-state index in [0.717, 1.165) is 41.8 Å². The molecule has 26 heavy (non-hydrogen) atoms. The molecule has 2 aromatic rings. The van der Waals surface area contributed by atoms with E-state index in [0.29, 0.717) is 19.5 Å². The van der Waals surface area contributed by atoms with E-state index in [1.807, 2.05) is 30.2 Å². The molecule has 7 heteroatoms. The zero-order valence-electron chi connectivity index (χ0n) is 15.4. The van der Waals surface area contributed by atoms with Crippen molar-refractivity contribution in [3.63, 3.8) is 0 Å². The van der Waals surface area contributed by atoms with Crippen molar-refractivity contribution in [1.82, 2.24) is 19.8 Å². The van der Waals surface area contributed by atoms with Crippen molar-refractivity contribution in [3.05, 3.63) is 39.8 Å². The third-order valence-corrected chi connectivity index (χ3v) is 4.81. The molecule has 0 aliphatic carbocycles. The van der Waals surface area contributed by atoms with Crippen LogP contribution in [-0.4, -0.2) is 63.1 Å². The molecule has 1 aliphatic heterocycles. The maximum Gasteiger partial charge on any atom is 0.251 e.